The molecule has 0 aromatic heterocycles. The maximum absolute atomic E-state index is 12.4. The molecule has 2 N–H and O–H groups in total. The number of hydrogen-bond acceptors (Lipinski definition) is 3. The molecule has 0 bridgehead atoms. The molecule has 25 heavy (non-hydrogen) atoms. The topological polar surface area (TPSA) is 67.4 Å². The summed E-state index contributed by atoms with van der Waals surface area (Å²) in [5, 5.41) is 5.71. The zero-order valence-corrected chi connectivity index (χ0v) is 13.8. The molecule has 1 aliphatic rings. The molecule has 0 unspecified atom stereocenters. The second-order valence-corrected chi connectivity index (χ2v) is 5.86. The fourth-order valence-electron chi connectivity index (χ4n) is 2.66. The Bertz CT molecular complexity index is 756. The number of benzene rings is 2. The molecule has 2 amide bonds. The van der Waals surface area contributed by atoms with Gasteiger partial charge in [0.15, 0.2) is 0 Å². The van der Waals surface area contributed by atoms with Crippen molar-refractivity contribution in [2.75, 3.05) is 6.61 Å². The van der Waals surface area contributed by atoms with Gasteiger partial charge in [0.05, 0.1) is 12.6 Å². The van der Waals surface area contributed by atoms with Crippen molar-refractivity contribution in [3.05, 3.63) is 83.9 Å². The first-order valence-electron chi connectivity index (χ1n) is 8.14. The van der Waals surface area contributed by atoms with Crippen LogP contribution in [0.5, 0.6) is 0 Å². The molecule has 2 aromatic rings. The molecule has 2 atom stereocenters. The van der Waals surface area contributed by atoms with Crippen LogP contribution in [0, 0.1) is 0 Å². The zero-order chi connectivity index (χ0) is 17.6. The van der Waals surface area contributed by atoms with Gasteiger partial charge in [-0.2, -0.15) is 0 Å². The number of carbonyl (C=O) groups is 2. The van der Waals surface area contributed by atoms with Crippen molar-refractivity contribution in [2.45, 2.75) is 18.7 Å². The highest BCUT2D eigenvalue weighted by atomic mass is 16.5. The highest BCUT2D eigenvalue weighted by molar-refractivity contribution is 5.94. The van der Waals surface area contributed by atoms with Crippen molar-refractivity contribution in [3.63, 3.8) is 0 Å². The highest BCUT2D eigenvalue weighted by Gasteiger charge is 2.34. The lowest BCUT2D eigenvalue weighted by molar-refractivity contribution is -0.116. The van der Waals surface area contributed by atoms with Crippen LogP contribution in [0.15, 0.2) is 67.3 Å². The zero-order valence-electron chi connectivity index (χ0n) is 13.8. The average molecular weight is 336 g/mol. The van der Waals surface area contributed by atoms with E-state index in [2.05, 4.69) is 17.2 Å². The molecule has 1 fully saturated rings. The third kappa shape index (κ3) is 4.14. The van der Waals surface area contributed by atoms with E-state index in [4.69, 9.17) is 4.74 Å². The fraction of sp³-hybridized carbons (Fsp3) is 0.200. The van der Waals surface area contributed by atoms with Gasteiger partial charge in [-0.3, -0.25) is 9.59 Å². The van der Waals surface area contributed by atoms with Gasteiger partial charge in [-0.05, 0) is 29.3 Å². The summed E-state index contributed by atoms with van der Waals surface area (Å²) in [6.07, 6.45) is 1.13. The van der Waals surface area contributed by atoms with Crippen LogP contribution in [0.3, 0.4) is 0 Å². The van der Waals surface area contributed by atoms with E-state index >= 15 is 0 Å². The monoisotopic (exact) mass is 336 g/mol. The Kier molecular flexibility index (Phi) is 5.26. The smallest absolute Gasteiger partial charge is 0.251 e. The van der Waals surface area contributed by atoms with E-state index in [9.17, 15) is 9.59 Å². The van der Waals surface area contributed by atoms with E-state index in [0.29, 0.717) is 18.7 Å². The van der Waals surface area contributed by atoms with Gasteiger partial charge in [-0.25, -0.2) is 0 Å². The van der Waals surface area contributed by atoms with E-state index in [0.717, 1.165) is 11.1 Å². The van der Waals surface area contributed by atoms with Crippen molar-refractivity contribution >= 4 is 11.8 Å². The Morgan fingerprint density at radius 1 is 1.12 bits per heavy atom. The lowest BCUT2D eigenvalue weighted by atomic mass is 9.98. The van der Waals surface area contributed by atoms with E-state index < -0.39 is 0 Å². The molecular weight excluding hydrogens is 316 g/mol. The molecule has 5 heteroatoms. The molecule has 2 aromatic carbocycles. The molecule has 1 heterocycles. The van der Waals surface area contributed by atoms with Crippen LogP contribution in [0.2, 0.25) is 0 Å². The van der Waals surface area contributed by atoms with E-state index in [1.807, 2.05) is 42.5 Å². The van der Waals surface area contributed by atoms with E-state index in [-0.39, 0.29) is 24.0 Å². The molecule has 0 aliphatic carbocycles. The fourth-order valence-corrected chi connectivity index (χ4v) is 2.66. The molecule has 1 saturated heterocycles. The third-order valence-corrected chi connectivity index (χ3v) is 4.13. The SMILES string of the molecule is C=CC(=O)NCc1ccc(C(=O)N[C@@H]2CO[C@H]2c2ccccc2)cc1. The molecule has 0 saturated carbocycles. The Morgan fingerprint density at radius 3 is 2.44 bits per heavy atom. The summed E-state index contributed by atoms with van der Waals surface area (Å²) < 4.78 is 5.59. The maximum Gasteiger partial charge on any atom is 0.251 e. The molecular formula is C20H20N2O3. The number of rotatable bonds is 6. The molecule has 3 rings (SSSR count). The molecule has 128 valence electrons. The summed E-state index contributed by atoms with van der Waals surface area (Å²) in [5.41, 5.74) is 2.56. The predicted molar refractivity (Wildman–Crippen MR) is 94.9 cm³/mol. The molecule has 0 spiro atoms. The van der Waals surface area contributed by atoms with Crippen molar-refractivity contribution in [1.29, 1.82) is 0 Å². The van der Waals surface area contributed by atoms with Gasteiger partial charge in [0, 0.05) is 12.1 Å². The number of carbonyl (C=O) groups excluding carboxylic acids is 2. The number of ether oxygens (including phenoxy) is 1. The summed E-state index contributed by atoms with van der Waals surface area (Å²) in [5.74, 6) is -0.352. The maximum atomic E-state index is 12.4. The summed E-state index contributed by atoms with van der Waals surface area (Å²) in [7, 11) is 0. The van der Waals surface area contributed by atoms with Gasteiger partial charge in [-0.1, -0.05) is 49.0 Å². The van der Waals surface area contributed by atoms with Crippen LogP contribution in [0.25, 0.3) is 0 Å². The standard InChI is InChI=1S/C20H20N2O3/c1-2-18(23)21-12-14-8-10-16(11-9-14)20(24)22-17-13-25-19(17)15-6-4-3-5-7-15/h2-11,17,19H,1,12-13H2,(H,21,23)(H,22,24)/t17-,19+/m1/s1. The molecule has 1 aliphatic heterocycles. The minimum atomic E-state index is -0.223. The highest BCUT2D eigenvalue weighted by Crippen LogP contribution is 2.29. The van der Waals surface area contributed by atoms with Gasteiger partial charge < -0.3 is 15.4 Å². The molecule has 5 nitrogen and oxygen atoms in total. The van der Waals surface area contributed by atoms with Crippen molar-refractivity contribution in [2.24, 2.45) is 0 Å². The second-order valence-electron chi connectivity index (χ2n) is 5.86. The lowest BCUT2D eigenvalue weighted by Gasteiger charge is -2.37. The van der Waals surface area contributed by atoms with Crippen molar-refractivity contribution in [1.82, 2.24) is 10.6 Å². The van der Waals surface area contributed by atoms with Gasteiger partial charge >= 0.3 is 0 Å². The lowest BCUT2D eigenvalue weighted by Crippen LogP contribution is -2.50. The van der Waals surface area contributed by atoms with Crippen LogP contribution >= 0.6 is 0 Å². The Balaban J connectivity index is 1.56. The quantitative estimate of drug-likeness (QED) is 0.796. The summed E-state index contributed by atoms with van der Waals surface area (Å²) in [6.45, 7) is 4.32. The summed E-state index contributed by atoms with van der Waals surface area (Å²) >= 11 is 0. The van der Waals surface area contributed by atoms with E-state index in [1.165, 1.54) is 6.08 Å². The van der Waals surface area contributed by atoms with Crippen LogP contribution < -0.4 is 10.6 Å². The first kappa shape index (κ1) is 16.9. The molecule has 0 radical (unpaired) electrons. The Morgan fingerprint density at radius 2 is 1.84 bits per heavy atom. The minimum Gasteiger partial charge on any atom is -0.369 e. The number of nitrogens with one attached hydrogen (secondary N) is 2. The van der Waals surface area contributed by atoms with Gasteiger partial charge in [0.2, 0.25) is 5.91 Å². The van der Waals surface area contributed by atoms with Gasteiger partial charge in [0.1, 0.15) is 6.10 Å². The minimum absolute atomic E-state index is 0.0264. The normalized spacial score (nSPS) is 18.7. The summed E-state index contributed by atoms with van der Waals surface area (Å²) in [4.78, 5) is 23.6. The van der Waals surface area contributed by atoms with Gasteiger partial charge in [-0.15, -0.1) is 0 Å². The number of hydrogen-bond donors (Lipinski definition) is 2. The largest absolute Gasteiger partial charge is 0.369 e. The van der Waals surface area contributed by atoms with E-state index in [1.54, 1.807) is 12.1 Å². The predicted octanol–water partition coefficient (Wildman–Crippen LogP) is 2.36. The first-order valence-corrected chi connectivity index (χ1v) is 8.14. The number of amides is 2. The Labute approximate surface area is 146 Å². The second kappa shape index (κ2) is 7.77. The third-order valence-electron chi connectivity index (χ3n) is 4.13. The van der Waals surface area contributed by atoms with Crippen LogP contribution in [-0.4, -0.2) is 24.5 Å². The van der Waals surface area contributed by atoms with Crippen LogP contribution in [0.4, 0.5) is 0 Å². The average Bonchev–Trinajstić information content (AvgIpc) is 2.64. The van der Waals surface area contributed by atoms with Crippen molar-refractivity contribution in [3.8, 4) is 0 Å². The van der Waals surface area contributed by atoms with Gasteiger partial charge in [0.25, 0.3) is 5.91 Å². The van der Waals surface area contributed by atoms with Crippen molar-refractivity contribution < 1.29 is 14.3 Å². The van der Waals surface area contributed by atoms with Crippen LogP contribution in [-0.2, 0) is 16.1 Å². The Hall–Kier alpha value is -2.92. The van der Waals surface area contributed by atoms with Crippen LogP contribution in [0.1, 0.15) is 27.6 Å². The summed E-state index contributed by atoms with van der Waals surface area (Å²) in [6, 6.07) is 17.0. The first-order chi connectivity index (χ1) is 12.2.